The van der Waals surface area contributed by atoms with Crippen molar-refractivity contribution in [2.45, 2.75) is 6.82 Å². The van der Waals surface area contributed by atoms with Crippen LogP contribution in [0.1, 0.15) is 10.4 Å². The average Bonchev–Trinajstić information content (AvgIpc) is 2.82. The summed E-state index contributed by atoms with van der Waals surface area (Å²) in [6, 6.07) is 11.6. The zero-order valence-corrected chi connectivity index (χ0v) is 10.9. The Bertz CT molecular complexity index is 774. The van der Waals surface area contributed by atoms with Crippen molar-refractivity contribution in [3.05, 3.63) is 42.0 Å². The molecule has 0 aliphatic heterocycles. The fraction of sp³-hybridized carbons (Fsp3) is 0.133. The molecule has 0 saturated heterocycles. The molecule has 0 N–H and O–H groups in total. The first kappa shape index (κ1) is 11.8. The van der Waals surface area contributed by atoms with Crippen molar-refractivity contribution < 1.29 is 13.9 Å². The van der Waals surface area contributed by atoms with Gasteiger partial charge in [0, 0.05) is 10.8 Å². The fourth-order valence-electron chi connectivity index (χ4n) is 2.29. The van der Waals surface area contributed by atoms with Gasteiger partial charge in [-0.05, 0) is 24.3 Å². The van der Waals surface area contributed by atoms with E-state index in [4.69, 9.17) is 9.15 Å². The molecular formula is C15H13BO3. The minimum absolute atomic E-state index is 0.350. The fourth-order valence-corrected chi connectivity index (χ4v) is 2.29. The summed E-state index contributed by atoms with van der Waals surface area (Å²) in [5.41, 5.74) is 3.31. The molecule has 0 aliphatic carbocycles. The molecule has 94 valence electrons. The summed E-state index contributed by atoms with van der Waals surface area (Å²) in [4.78, 5) is 11.5. The van der Waals surface area contributed by atoms with Crippen LogP contribution in [0.3, 0.4) is 0 Å². The van der Waals surface area contributed by atoms with Gasteiger partial charge in [0.1, 0.15) is 11.2 Å². The van der Waals surface area contributed by atoms with Gasteiger partial charge in [0.15, 0.2) is 7.28 Å². The third-order valence-electron chi connectivity index (χ3n) is 3.37. The van der Waals surface area contributed by atoms with Crippen LogP contribution in [0.5, 0.6) is 0 Å². The summed E-state index contributed by atoms with van der Waals surface area (Å²) in [5, 5.41) is 2.09. The molecule has 0 unspecified atom stereocenters. The number of hydrogen-bond acceptors (Lipinski definition) is 3. The quantitative estimate of drug-likeness (QED) is 0.519. The first-order valence-corrected chi connectivity index (χ1v) is 6.26. The third kappa shape index (κ3) is 1.89. The number of furan rings is 1. The highest BCUT2D eigenvalue weighted by molar-refractivity contribution is 6.52. The van der Waals surface area contributed by atoms with Crippen molar-refractivity contribution in [1.29, 1.82) is 0 Å². The number of carbonyl (C=O) groups is 1. The van der Waals surface area contributed by atoms with Gasteiger partial charge >= 0.3 is 5.97 Å². The Morgan fingerprint density at radius 1 is 1.11 bits per heavy atom. The highest BCUT2D eigenvalue weighted by Crippen LogP contribution is 2.28. The average molecular weight is 252 g/mol. The summed E-state index contributed by atoms with van der Waals surface area (Å²) < 4.78 is 10.5. The number of carbonyl (C=O) groups excluding carboxylic acids is 1. The Hall–Kier alpha value is -2.23. The lowest BCUT2D eigenvalue weighted by atomic mass is 9.73. The summed E-state index contributed by atoms with van der Waals surface area (Å²) >= 11 is 0. The van der Waals surface area contributed by atoms with Crippen molar-refractivity contribution in [2.75, 3.05) is 7.11 Å². The Balaban J connectivity index is 2.24. The van der Waals surface area contributed by atoms with Crippen LogP contribution < -0.4 is 5.46 Å². The third-order valence-corrected chi connectivity index (χ3v) is 3.37. The molecule has 19 heavy (non-hydrogen) atoms. The van der Waals surface area contributed by atoms with Crippen LogP contribution in [0.25, 0.3) is 21.9 Å². The van der Waals surface area contributed by atoms with Crippen molar-refractivity contribution in [3.8, 4) is 0 Å². The molecule has 1 heterocycles. The Kier molecular flexibility index (Phi) is 2.78. The van der Waals surface area contributed by atoms with Gasteiger partial charge in [-0.25, -0.2) is 4.79 Å². The number of ether oxygens (including phenoxy) is 1. The van der Waals surface area contributed by atoms with Gasteiger partial charge < -0.3 is 9.15 Å². The molecule has 3 nitrogen and oxygen atoms in total. The largest absolute Gasteiger partial charge is 0.465 e. The Morgan fingerprint density at radius 2 is 1.79 bits per heavy atom. The molecular weight excluding hydrogens is 239 g/mol. The molecule has 0 aliphatic rings. The number of fused-ring (bicyclic) bond motifs is 3. The zero-order valence-electron chi connectivity index (χ0n) is 10.9. The molecule has 0 bridgehead atoms. The minimum Gasteiger partial charge on any atom is -0.465 e. The van der Waals surface area contributed by atoms with Crippen LogP contribution >= 0.6 is 0 Å². The van der Waals surface area contributed by atoms with E-state index < -0.39 is 0 Å². The zero-order chi connectivity index (χ0) is 13.4. The van der Waals surface area contributed by atoms with Crippen LogP contribution in [-0.2, 0) is 4.74 Å². The van der Waals surface area contributed by atoms with Crippen LogP contribution in [0.2, 0.25) is 6.82 Å². The Labute approximate surface area is 111 Å². The molecule has 0 amide bonds. The van der Waals surface area contributed by atoms with Gasteiger partial charge in [-0.3, -0.25) is 0 Å². The summed E-state index contributed by atoms with van der Waals surface area (Å²) in [7, 11) is 2.35. The molecule has 2 aromatic carbocycles. The normalized spacial score (nSPS) is 10.8. The van der Waals surface area contributed by atoms with E-state index in [9.17, 15) is 4.79 Å². The van der Waals surface area contributed by atoms with Crippen LogP contribution in [0.4, 0.5) is 0 Å². The van der Waals surface area contributed by atoms with E-state index in [0.29, 0.717) is 11.1 Å². The van der Waals surface area contributed by atoms with E-state index in [-0.39, 0.29) is 5.97 Å². The smallest absolute Gasteiger partial charge is 0.337 e. The highest BCUT2D eigenvalue weighted by atomic mass is 16.5. The molecule has 4 heteroatoms. The molecule has 0 spiro atoms. The Morgan fingerprint density at radius 3 is 2.47 bits per heavy atom. The summed E-state index contributed by atoms with van der Waals surface area (Å²) in [6.45, 7) is 2.11. The SMILES string of the molecule is CBc1ccc2c(c1)oc1cc(C(=O)OC)ccc12. The molecule has 0 fully saturated rings. The van der Waals surface area contributed by atoms with E-state index in [2.05, 4.69) is 19.0 Å². The number of benzene rings is 2. The first-order valence-electron chi connectivity index (χ1n) is 6.26. The van der Waals surface area contributed by atoms with Crippen LogP contribution in [-0.4, -0.2) is 20.4 Å². The number of esters is 1. The van der Waals surface area contributed by atoms with Crippen molar-refractivity contribution in [1.82, 2.24) is 0 Å². The van der Waals surface area contributed by atoms with Crippen molar-refractivity contribution >= 4 is 40.7 Å². The van der Waals surface area contributed by atoms with E-state index in [0.717, 1.165) is 23.6 Å². The maximum absolute atomic E-state index is 11.5. The maximum Gasteiger partial charge on any atom is 0.337 e. The van der Waals surface area contributed by atoms with Gasteiger partial charge in [0.25, 0.3) is 0 Å². The molecule has 3 rings (SSSR count). The molecule has 1 aromatic heterocycles. The second kappa shape index (κ2) is 4.46. The predicted molar refractivity (Wildman–Crippen MR) is 77.7 cm³/mol. The van der Waals surface area contributed by atoms with Crippen LogP contribution in [0.15, 0.2) is 40.8 Å². The van der Waals surface area contributed by atoms with Gasteiger partial charge in [-0.15, -0.1) is 0 Å². The van der Waals surface area contributed by atoms with Gasteiger partial charge in [0.2, 0.25) is 0 Å². The predicted octanol–water partition coefficient (Wildman–Crippen LogP) is 2.48. The van der Waals surface area contributed by atoms with Gasteiger partial charge in [-0.2, -0.15) is 0 Å². The summed E-state index contributed by atoms with van der Waals surface area (Å²) in [6.07, 6.45) is 0. The second-order valence-electron chi connectivity index (χ2n) is 4.49. The molecule has 0 saturated carbocycles. The van der Waals surface area contributed by atoms with Gasteiger partial charge in [0.05, 0.1) is 12.7 Å². The van der Waals surface area contributed by atoms with E-state index in [1.165, 1.54) is 12.6 Å². The number of rotatable bonds is 2. The lowest BCUT2D eigenvalue weighted by Crippen LogP contribution is -2.08. The van der Waals surface area contributed by atoms with Gasteiger partial charge in [-0.1, -0.05) is 24.4 Å². The lowest BCUT2D eigenvalue weighted by Gasteiger charge is -1.97. The standard InChI is InChI=1S/C15H13BO3/c1-16-10-4-6-12-11-5-3-9(15(17)18-2)7-13(11)19-14(12)8-10/h3-8,16H,1-2H3. The van der Waals surface area contributed by atoms with Crippen molar-refractivity contribution in [3.63, 3.8) is 0 Å². The van der Waals surface area contributed by atoms with E-state index in [1.54, 1.807) is 12.1 Å². The number of hydrogen-bond donors (Lipinski definition) is 0. The second-order valence-corrected chi connectivity index (χ2v) is 4.49. The number of methoxy groups -OCH3 is 1. The molecule has 3 aromatic rings. The van der Waals surface area contributed by atoms with Crippen molar-refractivity contribution in [2.24, 2.45) is 0 Å². The topological polar surface area (TPSA) is 39.4 Å². The minimum atomic E-state index is -0.350. The molecule has 0 atom stereocenters. The monoisotopic (exact) mass is 252 g/mol. The first-order chi connectivity index (χ1) is 9.22. The lowest BCUT2D eigenvalue weighted by molar-refractivity contribution is 0.0601. The molecule has 0 radical (unpaired) electrons. The van der Waals surface area contributed by atoms with E-state index in [1.807, 2.05) is 12.1 Å². The van der Waals surface area contributed by atoms with Crippen LogP contribution in [0, 0.1) is 0 Å². The summed E-state index contributed by atoms with van der Waals surface area (Å²) in [5.74, 6) is -0.350. The maximum atomic E-state index is 11.5. The highest BCUT2D eigenvalue weighted by Gasteiger charge is 2.11. The van der Waals surface area contributed by atoms with E-state index >= 15 is 0 Å².